The molecule has 0 fully saturated rings. The molecule has 134 valence electrons. The van der Waals surface area contributed by atoms with Gasteiger partial charge in [-0.25, -0.2) is 4.39 Å². The molecule has 3 rings (SSSR count). The summed E-state index contributed by atoms with van der Waals surface area (Å²) >= 11 is 7.20. The molecule has 3 aromatic rings. The highest BCUT2D eigenvalue weighted by Gasteiger charge is 2.13. The zero-order valence-electron chi connectivity index (χ0n) is 13.9. The number of nitrogens with zero attached hydrogens (tertiary/aromatic N) is 3. The Bertz CT molecular complexity index is 897. The van der Waals surface area contributed by atoms with Crippen LogP contribution in [-0.2, 0) is 18.4 Å². The number of benzene rings is 2. The van der Waals surface area contributed by atoms with Crippen molar-refractivity contribution in [1.82, 2.24) is 20.1 Å². The monoisotopic (exact) mass is 390 g/mol. The molecule has 0 bridgehead atoms. The molecule has 26 heavy (non-hydrogen) atoms. The SMILES string of the molecule is Cn1c(SCC(=O)NCc2ccc(F)cc2)nnc1-c1ccc(Cl)cc1. The number of hydrogen-bond acceptors (Lipinski definition) is 4. The Morgan fingerprint density at radius 1 is 1.15 bits per heavy atom. The molecular formula is C18H16ClFN4OS. The maximum Gasteiger partial charge on any atom is 0.230 e. The van der Waals surface area contributed by atoms with Crippen molar-refractivity contribution in [3.63, 3.8) is 0 Å². The second-order valence-corrected chi connectivity index (χ2v) is 6.94. The topological polar surface area (TPSA) is 59.8 Å². The first-order valence-electron chi connectivity index (χ1n) is 7.82. The molecule has 8 heteroatoms. The fraction of sp³-hybridized carbons (Fsp3) is 0.167. The molecule has 0 aliphatic rings. The Balaban J connectivity index is 1.55. The van der Waals surface area contributed by atoms with Gasteiger partial charge in [0.2, 0.25) is 5.91 Å². The molecule has 0 saturated heterocycles. The van der Waals surface area contributed by atoms with Gasteiger partial charge in [-0.3, -0.25) is 4.79 Å². The minimum atomic E-state index is -0.297. The van der Waals surface area contributed by atoms with Crippen LogP contribution >= 0.6 is 23.4 Å². The van der Waals surface area contributed by atoms with Gasteiger partial charge in [-0.05, 0) is 42.0 Å². The number of carbonyl (C=O) groups excluding carboxylic acids is 1. The van der Waals surface area contributed by atoms with Crippen molar-refractivity contribution in [2.45, 2.75) is 11.7 Å². The molecule has 5 nitrogen and oxygen atoms in total. The third kappa shape index (κ3) is 4.62. The van der Waals surface area contributed by atoms with E-state index in [0.29, 0.717) is 22.5 Å². The number of aromatic nitrogens is 3. The van der Waals surface area contributed by atoms with Crippen LogP contribution in [0, 0.1) is 5.82 Å². The average Bonchev–Trinajstić information content (AvgIpc) is 3.01. The highest BCUT2D eigenvalue weighted by Crippen LogP contribution is 2.23. The quantitative estimate of drug-likeness (QED) is 0.652. The van der Waals surface area contributed by atoms with Gasteiger partial charge in [0.1, 0.15) is 5.82 Å². The molecule has 2 aromatic carbocycles. The van der Waals surface area contributed by atoms with Crippen LogP contribution in [0.2, 0.25) is 5.02 Å². The maximum atomic E-state index is 12.9. The molecule has 0 spiro atoms. The first-order valence-corrected chi connectivity index (χ1v) is 9.18. The van der Waals surface area contributed by atoms with Crippen LogP contribution in [0.3, 0.4) is 0 Å². The predicted octanol–water partition coefficient (Wildman–Crippen LogP) is 3.68. The number of amides is 1. The lowest BCUT2D eigenvalue weighted by Crippen LogP contribution is -2.24. The van der Waals surface area contributed by atoms with E-state index in [1.54, 1.807) is 24.3 Å². The summed E-state index contributed by atoms with van der Waals surface area (Å²) in [5, 5.41) is 12.4. The Morgan fingerprint density at radius 2 is 1.85 bits per heavy atom. The summed E-state index contributed by atoms with van der Waals surface area (Å²) < 4.78 is 14.7. The Labute approximate surface area is 159 Å². The summed E-state index contributed by atoms with van der Waals surface area (Å²) in [5.41, 5.74) is 1.74. The van der Waals surface area contributed by atoms with Crippen molar-refractivity contribution in [2.24, 2.45) is 7.05 Å². The summed E-state index contributed by atoms with van der Waals surface area (Å²) in [4.78, 5) is 12.0. The summed E-state index contributed by atoms with van der Waals surface area (Å²) in [7, 11) is 1.85. The summed E-state index contributed by atoms with van der Waals surface area (Å²) in [6.45, 7) is 0.356. The van der Waals surface area contributed by atoms with Crippen LogP contribution in [0.4, 0.5) is 4.39 Å². The zero-order chi connectivity index (χ0) is 18.5. The van der Waals surface area contributed by atoms with Gasteiger partial charge < -0.3 is 9.88 Å². The number of halogens is 2. The van der Waals surface area contributed by atoms with Crippen LogP contribution in [0.15, 0.2) is 53.7 Å². The average molecular weight is 391 g/mol. The molecule has 1 N–H and O–H groups in total. The number of carbonyl (C=O) groups is 1. The molecule has 1 aromatic heterocycles. The van der Waals surface area contributed by atoms with Crippen LogP contribution < -0.4 is 5.32 Å². The molecule has 0 aliphatic heterocycles. The first kappa shape index (κ1) is 18.4. The largest absolute Gasteiger partial charge is 0.351 e. The first-order chi connectivity index (χ1) is 12.5. The third-order valence-electron chi connectivity index (χ3n) is 3.67. The molecule has 0 unspecified atom stereocenters. The van der Waals surface area contributed by atoms with Crippen molar-refractivity contribution < 1.29 is 9.18 Å². The molecule has 1 heterocycles. The Hall–Kier alpha value is -2.38. The van der Waals surface area contributed by atoms with Crippen molar-refractivity contribution in [3.8, 4) is 11.4 Å². The fourth-order valence-corrected chi connectivity index (χ4v) is 3.14. The van der Waals surface area contributed by atoms with Gasteiger partial charge >= 0.3 is 0 Å². The van der Waals surface area contributed by atoms with E-state index in [0.717, 1.165) is 11.1 Å². The minimum absolute atomic E-state index is 0.129. The standard InChI is InChI=1S/C18H16ClFN4OS/c1-24-17(13-4-6-14(19)7-5-13)22-23-18(24)26-11-16(25)21-10-12-2-8-15(20)9-3-12/h2-9H,10-11H2,1H3,(H,21,25). The van der Waals surface area contributed by atoms with Crippen molar-refractivity contribution in [1.29, 1.82) is 0 Å². The van der Waals surface area contributed by atoms with Crippen molar-refractivity contribution in [3.05, 3.63) is 64.9 Å². The Morgan fingerprint density at radius 3 is 2.54 bits per heavy atom. The van der Waals surface area contributed by atoms with E-state index in [9.17, 15) is 9.18 Å². The van der Waals surface area contributed by atoms with Crippen LogP contribution in [0.1, 0.15) is 5.56 Å². The van der Waals surface area contributed by atoms with Gasteiger partial charge in [-0.2, -0.15) is 0 Å². The second-order valence-electron chi connectivity index (χ2n) is 5.56. The number of rotatable bonds is 6. The van der Waals surface area contributed by atoms with Crippen molar-refractivity contribution in [2.75, 3.05) is 5.75 Å². The number of thioether (sulfide) groups is 1. The van der Waals surface area contributed by atoms with Crippen LogP contribution in [-0.4, -0.2) is 26.4 Å². The fourth-order valence-electron chi connectivity index (χ4n) is 2.27. The molecular weight excluding hydrogens is 375 g/mol. The zero-order valence-corrected chi connectivity index (χ0v) is 15.5. The van der Waals surface area contributed by atoms with E-state index in [1.807, 2.05) is 23.7 Å². The molecule has 0 radical (unpaired) electrons. The Kier molecular flexibility index (Phi) is 5.90. The van der Waals surface area contributed by atoms with Crippen LogP contribution in [0.25, 0.3) is 11.4 Å². The van der Waals surface area contributed by atoms with E-state index >= 15 is 0 Å². The molecule has 1 amide bonds. The van der Waals surface area contributed by atoms with Gasteiger partial charge in [-0.15, -0.1) is 10.2 Å². The lowest BCUT2D eigenvalue weighted by molar-refractivity contribution is -0.118. The normalized spacial score (nSPS) is 10.7. The number of hydrogen-bond donors (Lipinski definition) is 1. The minimum Gasteiger partial charge on any atom is -0.351 e. The second kappa shape index (κ2) is 8.33. The smallest absolute Gasteiger partial charge is 0.230 e. The highest BCUT2D eigenvalue weighted by molar-refractivity contribution is 7.99. The summed E-state index contributed by atoms with van der Waals surface area (Å²) in [5.74, 6) is 0.494. The number of nitrogens with one attached hydrogen (secondary N) is 1. The lowest BCUT2D eigenvalue weighted by atomic mass is 10.2. The lowest BCUT2D eigenvalue weighted by Gasteiger charge is -2.06. The van der Waals surface area contributed by atoms with E-state index in [4.69, 9.17) is 11.6 Å². The summed E-state index contributed by atoms with van der Waals surface area (Å²) in [6.07, 6.45) is 0. The maximum absolute atomic E-state index is 12.9. The third-order valence-corrected chi connectivity index (χ3v) is 4.94. The van der Waals surface area contributed by atoms with Gasteiger partial charge in [0.25, 0.3) is 0 Å². The van der Waals surface area contributed by atoms with Gasteiger partial charge in [0, 0.05) is 24.2 Å². The molecule has 0 aliphatic carbocycles. The van der Waals surface area contributed by atoms with Gasteiger partial charge in [0.05, 0.1) is 5.75 Å². The van der Waals surface area contributed by atoms with Crippen molar-refractivity contribution >= 4 is 29.3 Å². The van der Waals surface area contributed by atoms with Gasteiger partial charge in [0.15, 0.2) is 11.0 Å². The molecule has 0 atom stereocenters. The summed E-state index contributed by atoms with van der Waals surface area (Å²) in [6, 6.07) is 13.4. The van der Waals surface area contributed by atoms with Gasteiger partial charge in [-0.1, -0.05) is 35.5 Å². The highest BCUT2D eigenvalue weighted by atomic mass is 35.5. The van der Waals surface area contributed by atoms with E-state index in [1.165, 1.54) is 23.9 Å². The van der Waals surface area contributed by atoms with Crippen LogP contribution in [0.5, 0.6) is 0 Å². The van der Waals surface area contributed by atoms with E-state index in [2.05, 4.69) is 15.5 Å². The van der Waals surface area contributed by atoms with E-state index < -0.39 is 0 Å². The predicted molar refractivity (Wildman–Crippen MR) is 100 cm³/mol. The van der Waals surface area contributed by atoms with E-state index in [-0.39, 0.29) is 17.5 Å². The molecule has 0 saturated carbocycles.